The molecule has 0 aliphatic carbocycles. The van der Waals surface area contributed by atoms with Crippen molar-refractivity contribution in [3.63, 3.8) is 0 Å². The number of aryl methyl sites for hydroxylation is 2. The highest BCUT2D eigenvalue weighted by Gasteiger charge is 2.24. The Morgan fingerprint density at radius 2 is 2.00 bits per heavy atom. The number of likely N-dealkylation sites (tertiary alicyclic amines) is 1. The van der Waals surface area contributed by atoms with Crippen LogP contribution in [0.25, 0.3) is 0 Å². The largest absolute Gasteiger partial charge is 0.361 e. The van der Waals surface area contributed by atoms with Gasteiger partial charge in [-0.05, 0) is 43.9 Å². The van der Waals surface area contributed by atoms with Gasteiger partial charge in [0, 0.05) is 30.7 Å². The van der Waals surface area contributed by atoms with Crippen LogP contribution in [0.4, 0.5) is 0 Å². The summed E-state index contributed by atoms with van der Waals surface area (Å²) in [5.41, 5.74) is 2.60. The molecule has 1 aromatic heterocycles. The van der Waals surface area contributed by atoms with Crippen LogP contribution < -0.4 is 5.32 Å². The number of nitrogens with one attached hydrogen (secondary N) is 1. The minimum Gasteiger partial charge on any atom is -0.361 e. The first-order chi connectivity index (χ1) is 12.1. The Balaban J connectivity index is 1.51. The Bertz CT molecular complexity index is 719. The molecule has 1 aliphatic rings. The third-order valence-electron chi connectivity index (χ3n) is 4.74. The molecule has 2 aromatic rings. The molecule has 3 rings (SSSR count). The van der Waals surface area contributed by atoms with Crippen LogP contribution in [-0.2, 0) is 13.0 Å². The maximum atomic E-state index is 12.5. The molecule has 134 valence electrons. The molecule has 0 unspecified atom stereocenters. The summed E-state index contributed by atoms with van der Waals surface area (Å²) < 4.78 is 5.16. The summed E-state index contributed by atoms with van der Waals surface area (Å²) >= 11 is 5.93. The van der Waals surface area contributed by atoms with E-state index in [2.05, 4.69) is 27.5 Å². The van der Waals surface area contributed by atoms with Gasteiger partial charge in [0.15, 0.2) is 0 Å². The predicted molar refractivity (Wildman–Crippen MR) is 97.8 cm³/mol. The van der Waals surface area contributed by atoms with Crippen molar-refractivity contribution in [3.8, 4) is 0 Å². The van der Waals surface area contributed by atoms with E-state index >= 15 is 0 Å². The molecule has 1 N–H and O–H groups in total. The van der Waals surface area contributed by atoms with Crippen molar-refractivity contribution < 1.29 is 9.32 Å². The van der Waals surface area contributed by atoms with Gasteiger partial charge in [0.2, 0.25) is 0 Å². The smallest absolute Gasteiger partial charge is 0.257 e. The van der Waals surface area contributed by atoms with Crippen LogP contribution in [0.3, 0.4) is 0 Å². The highest BCUT2D eigenvalue weighted by Crippen LogP contribution is 2.18. The number of benzene rings is 1. The van der Waals surface area contributed by atoms with Crippen molar-refractivity contribution in [2.45, 2.75) is 45.7 Å². The standard InChI is InChI=1S/C19H24ClN3O2/c1-3-17-18(13(2)25-22-17)19(24)21-16-8-10-23(11-9-16)12-14-4-6-15(20)7-5-14/h4-7,16H,3,8-12H2,1-2H3,(H,21,24). The summed E-state index contributed by atoms with van der Waals surface area (Å²) in [7, 11) is 0. The first-order valence-corrected chi connectivity index (χ1v) is 9.17. The second-order valence-corrected chi connectivity index (χ2v) is 7.00. The van der Waals surface area contributed by atoms with Gasteiger partial charge in [0.05, 0.1) is 5.69 Å². The molecule has 1 aromatic carbocycles. The molecule has 1 aliphatic heterocycles. The van der Waals surface area contributed by atoms with Crippen LogP contribution in [0.1, 0.15) is 47.1 Å². The van der Waals surface area contributed by atoms with E-state index in [0.29, 0.717) is 17.7 Å². The summed E-state index contributed by atoms with van der Waals surface area (Å²) in [5, 5.41) is 7.87. The fraction of sp³-hybridized carbons (Fsp3) is 0.474. The SMILES string of the molecule is CCc1noc(C)c1C(=O)NC1CCN(Cc2ccc(Cl)cc2)CC1. The van der Waals surface area contributed by atoms with Crippen molar-refractivity contribution in [1.82, 2.24) is 15.4 Å². The van der Waals surface area contributed by atoms with E-state index in [1.807, 2.05) is 19.1 Å². The zero-order chi connectivity index (χ0) is 17.8. The molecule has 0 bridgehead atoms. The summed E-state index contributed by atoms with van der Waals surface area (Å²) in [6.45, 7) is 6.62. The van der Waals surface area contributed by atoms with E-state index in [-0.39, 0.29) is 11.9 Å². The first-order valence-electron chi connectivity index (χ1n) is 8.79. The lowest BCUT2D eigenvalue weighted by atomic mass is 10.0. The Labute approximate surface area is 153 Å². The van der Waals surface area contributed by atoms with Crippen LogP contribution in [0.5, 0.6) is 0 Å². The normalized spacial score (nSPS) is 16.1. The predicted octanol–water partition coefficient (Wildman–Crippen LogP) is 3.59. The second kappa shape index (κ2) is 8.02. The van der Waals surface area contributed by atoms with Gasteiger partial charge in [-0.1, -0.05) is 35.8 Å². The Morgan fingerprint density at radius 1 is 1.32 bits per heavy atom. The quantitative estimate of drug-likeness (QED) is 0.884. The van der Waals surface area contributed by atoms with E-state index < -0.39 is 0 Å². The number of nitrogens with zero attached hydrogens (tertiary/aromatic N) is 2. The van der Waals surface area contributed by atoms with Crippen LogP contribution in [0, 0.1) is 6.92 Å². The molecule has 1 amide bonds. The van der Waals surface area contributed by atoms with Crippen LogP contribution in [0.2, 0.25) is 5.02 Å². The average molecular weight is 362 g/mol. The lowest BCUT2D eigenvalue weighted by molar-refractivity contribution is 0.0906. The second-order valence-electron chi connectivity index (χ2n) is 6.56. The average Bonchev–Trinajstić information content (AvgIpc) is 2.99. The Morgan fingerprint density at radius 3 is 2.64 bits per heavy atom. The van der Waals surface area contributed by atoms with E-state index in [1.54, 1.807) is 6.92 Å². The van der Waals surface area contributed by atoms with E-state index in [1.165, 1.54) is 5.56 Å². The summed E-state index contributed by atoms with van der Waals surface area (Å²) in [4.78, 5) is 15.0. The van der Waals surface area contributed by atoms with Crippen molar-refractivity contribution >= 4 is 17.5 Å². The molecule has 5 nitrogen and oxygen atoms in total. The van der Waals surface area contributed by atoms with Crippen LogP contribution >= 0.6 is 11.6 Å². The highest BCUT2D eigenvalue weighted by molar-refractivity contribution is 6.30. The number of hydrogen-bond acceptors (Lipinski definition) is 4. The molecular formula is C19H24ClN3O2. The van der Waals surface area contributed by atoms with Gasteiger partial charge in [-0.25, -0.2) is 0 Å². The van der Waals surface area contributed by atoms with E-state index in [0.717, 1.165) is 43.2 Å². The molecule has 1 saturated heterocycles. The van der Waals surface area contributed by atoms with Gasteiger partial charge in [-0.15, -0.1) is 0 Å². The summed E-state index contributed by atoms with van der Waals surface area (Å²) in [6, 6.07) is 8.19. The molecule has 25 heavy (non-hydrogen) atoms. The lowest BCUT2D eigenvalue weighted by Crippen LogP contribution is -2.44. The summed E-state index contributed by atoms with van der Waals surface area (Å²) in [6.07, 6.45) is 2.59. The van der Waals surface area contributed by atoms with Gasteiger partial charge in [-0.2, -0.15) is 0 Å². The third kappa shape index (κ3) is 4.41. The third-order valence-corrected chi connectivity index (χ3v) is 4.99. The zero-order valence-electron chi connectivity index (χ0n) is 14.7. The van der Waals surface area contributed by atoms with Crippen LogP contribution in [-0.4, -0.2) is 35.1 Å². The van der Waals surface area contributed by atoms with Crippen molar-refractivity contribution in [1.29, 1.82) is 0 Å². The fourth-order valence-corrected chi connectivity index (χ4v) is 3.42. The minimum absolute atomic E-state index is 0.0632. The monoisotopic (exact) mass is 361 g/mol. The number of amides is 1. The molecule has 0 atom stereocenters. The lowest BCUT2D eigenvalue weighted by Gasteiger charge is -2.32. The molecule has 0 saturated carbocycles. The minimum atomic E-state index is -0.0632. The Hall–Kier alpha value is -1.85. The van der Waals surface area contributed by atoms with Crippen molar-refractivity contribution in [3.05, 3.63) is 51.9 Å². The highest BCUT2D eigenvalue weighted by atomic mass is 35.5. The molecular weight excluding hydrogens is 338 g/mol. The van der Waals surface area contributed by atoms with Gasteiger partial charge < -0.3 is 9.84 Å². The molecule has 2 heterocycles. The van der Waals surface area contributed by atoms with Gasteiger partial charge >= 0.3 is 0 Å². The van der Waals surface area contributed by atoms with Gasteiger partial charge in [-0.3, -0.25) is 9.69 Å². The number of carbonyl (C=O) groups is 1. The van der Waals surface area contributed by atoms with E-state index in [9.17, 15) is 4.79 Å². The molecule has 0 radical (unpaired) electrons. The number of hydrogen-bond donors (Lipinski definition) is 1. The Kier molecular flexibility index (Phi) is 5.76. The zero-order valence-corrected chi connectivity index (χ0v) is 15.5. The molecule has 1 fully saturated rings. The number of carbonyl (C=O) groups excluding carboxylic acids is 1. The number of rotatable bonds is 5. The summed E-state index contributed by atoms with van der Waals surface area (Å²) in [5.74, 6) is 0.529. The van der Waals surface area contributed by atoms with Gasteiger partial charge in [0.1, 0.15) is 11.3 Å². The van der Waals surface area contributed by atoms with E-state index in [4.69, 9.17) is 16.1 Å². The number of halogens is 1. The van der Waals surface area contributed by atoms with Gasteiger partial charge in [0.25, 0.3) is 5.91 Å². The number of piperidine rings is 1. The van der Waals surface area contributed by atoms with Crippen LogP contribution in [0.15, 0.2) is 28.8 Å². The topological polar surface area (TPSA) is 58.4 Å². The fourth-order valence-electron chi connectivity index (χ4n) is 3.29. The number of aromatic nitrogens is 1. The van der Waals surface area contributed by atoms with Crippen molar-refractivity contribution in [2.75, 3.05) is 13.1 Å². The van der Waals surface area contributed by atoms with Crippen molar-refractivity contribution in [2.24, 2.45) is 0 Å². The first kappa shape index (κ1) is 18.0. The molecule has 0 spiro atoms. The maximum absolute atomic E-state index is 12.5. The molecule has 6 heteroatoms. The maximum Gasteiger partial charge on any atom is 0.257 e.